The van der Waals surface area contributed by atoms with Crippen molar-refractivity contribution in [2.45, 2.75) is 6.42 Å². The zero-order chi connectivity index (χ0) is 8.69. The summed E-state index contributed by atoms with van der Waals surface area (Å²) in [5, 5.41) is 0. The van der Waals surface area contributed by atoms with E-state index in [0.717, 1.165) is 0 Å². The first-order valence-electron chi connectivity index (χ1n) is 2.64. The lowest BCUT2D eigenvalue weighted by atomic mass is 10.4. The van der Waals surface area contributed by atoms with Gasteiger partial charge in [-0.1, -0.05) is 0 Å². The van der Waals surface area contributed by atoms with Crippen LogP contribution in [-0.2, 0) is 19.1 Å². The van der Waals surface area contributed by atoms with Gasteiger partial charge in [-0.05, 0) is 31.9 Å². The van der Waals surface area contributed by atoms with Gasteiger partial charge in [-0.2, -0.15) is 0 Å². The van der Waals surface area contributed by atoms with E-state index in [1.807, 2.05) is 0 Å². The molecule has 0 unspecified atom stereocenters. The van der Waals surface area contributed by atoms with Crippen LogP contribution < -0.4 is 0 Å². The highest BCUT2D eigenvalue weighted by atomic mass is 79.9. The summed E-state index contributed by atoms with van der Waals surface area (Å²) >= 11 is 5.75. The van der Waals surface area contributed by atoms with Gasteiger partial charge in [0.2, 0.25) is 0 Å². The summed E-state index contributed by atoms with van der Waals surface area (Å²) in [5.74, 6) is -1.21. The number of hydrogen-bond acceptors (Lipinski definition) is 4. The number of esters is 2. The van der Waals surface area contributed by atoms with Crippen molar-refractivity contribution in [3.63, 3.8) is 0 Å². The smallest absolute Gasteiger partial charge is 0.317 e. The highest BCUT2D eigenvalue weighted by Crippen LogP contribution is 1.94. The third-order valence-electron chi connectivity index (χ3n) is 0.720. The molecule has 0 aliphatic rings. The number of halogens is 2. The topological polar surface area (TPSA) is 52.6 Å². The van der Waals surface area contributed by atoms with E-state index in [1.54, 1.807) is 0 Å². The van der Waals surface area contributed by atoms with Gasteiger partial charge in [0.15, 0.2) is 0 Å². The fourth-order valence-electron chi connectivity index (χ4n) is 0.342. The molecule has 0 aromatic heterocycles. The fraction of sp³-hybridized carbons (Fsp3) is 0.600. The molecular weight excluding hydrogens is 284 g/mol. The normalized spacial score (nSPS) is 8.91. The first kappa shape index (κ1) is 10.9. The van der Waals surface area contributed by atoms with Crippen molar-refractivity contribution < 1.29 is 19.1 Å². The quantitative estimate of drug-likeness (QED) is 0.443. The molecule has 0 radical (unpaired) electrons. The number of hydrogen-bond donors (Lipinski definition) is 0. The van der Waals surface area contributed by atoms with Gasteiger partial charge in [0.1, 0.15) is 17.5 Å². The van der Waals surface area contributed by atoms with Gasteiger partial charge in [-0.25, -0.2) is 0 Å². The molecule has 0 N–H and O–H groups in total. The third-order valence-corrected chi connectivity index (χ3v) is 1.18. The number of alkyl halides is 2. The molecule has 0 saturated heterocycles. The monoisotopic (exact) mass is 288 g/mol. The molecule has 0 aromatic rings. The Morgan fingerprint density at radius 1 is 1.00 bits per heavy atom. The van der Waals surface area contributed by atoms with Gasteiger partial charge >= 0.3 is 11.9 Å². The van der Waals surface area contributed by atoms with Crippen LogP contribution in [0.1, 0.15) is 6.42 Å². The van der Waals surface area contributed by atoms with Crippen LogP contribution in [0.4, 0.5) is 0 Å². The predicted molar refractivity (Wildman–Crippen MR) is 44.4 cm³/mol. The molecule has 0 amide bonds. The Hall–Kier alpha value is -0.100. The van der Waals surface area contributed by atoms with Crippen molar-refractivity contribution >= 4 is 43.8 Å². The van der Waals surface area contributed by atoms with Crippen molar-refractivity contribution in [1.82, 2.24) is 0 Å². The van der Waals surface area contributed by atoms with Crippen molar-refractivity contribution in [3.8, 4) is 0 Å². The maximum Gasteiger partial charge on any atom is 0.317 e. The van der Waals surface area contributed by atoms with Crippen molar-refractivity contribution in [3.05, 3.63) is 0 Å². The van der Waals surface area contributed by atoms with Gasteiger partial charge in [-0.15, -0.1) is 0 Å². The van der Waals surface area contributed by atoms with Crippen LogP contribution in [0.25, 0.3) is 0 Å². The first-order valence-corrected chi connectivity index (χ1v) is 4.88. The van der Waals surface area contributed by atoms with Gasteiger partial charge in [0, 0.05) is 0 Å². The summed E-state index contributed by atoms with van der Waals surface area (Å²) in [7, 11) is 0. The van der Waals surface area contributed by atoms with E-state index in [2.05, 4.69) is 41.3 Å². The van der Waals surface area contributed by atoms with E-state index in [0.29, 0.717) is 0 Å². The average Bonchev–Trinajstić information content (AvgIpc) is 1.87. The van der Waals surface area contributed by atoms with E-state index in [1.165, 1.54) is 0 Å². The standard InChI is InChI=1S/C5H6Br2O4/c6-2-10-4(8)1-5(9)11-3-7/h1-3H2. The lowest BCUT2D eigenvalue weighted by Gasteiger charge is -1.99. The number of ether oxygens (including phenoxy) is 2. The van der Waals surface area contributed by atoms with E-state index in [4.69, 9.17) is 0 Å². The Balaban J connectivity index is 3.49. The summed E-state index contributed by atoms with van der Waals surface area (Å²) in [4.78, 5) is 21.1. The maximum absolute atomic E-state index is 10.6. The number of rotatable bonds is 4. The second-order valence-electron chi connectivity index (χ2n) is 1.43. The molecule has 0 fully saturated rings. The molecule has 4 nitrogen and oxygen atoms in total. The van der Waals surface area contributed by atoms with Crippen LogP contribution in [0.2, 0.25) is 0 Å². The Bertz CT molecular complexity index is 131. The van der Waals surface area contributed by atoms with E-state index in [-0.39, 0.29) is 17.5 Å². The summed E-state index contributed by atoms with van der Waals surface area (Å²) in [6.07, 6.45) is -0.350. The van der Waals surface area contributed by atoms with Crippen LogP contribution in [0.5, 0.6) is 0 Å². The minimum Gasteiger partial charge on any atom is -0.454 e. The van der Waals surface area contributed by atoms with Crippen LogP contribution in [-0.4, -0.2) is 23.0 Å². The Morgan fingerprint density at radius 3 is 1.64 bits per heavy atom. The maximum atomic E-state index is 10.6. The van der Waals surface area contributed by atoms with Crippen LogP contribution in [0.15, 0.2) is 0 Å². The molecule has 6 heteroatoms. The summed E-state index contributed by atoms with van der Waals surface area (Å²) in [6, 6.07) is 0. The van der Waals surface area contributed by atoms with Gasteiger partial charge < -0.3 is 9.47 Å². The second-order valence-corrected chi connectivity index (χ2v) is 2.34. The summed E-state index contributed by atoms with van der Waals surface area (Å²) in [5.41, 5.74) is 0.181. The minimum absolute atomic E-state index is 0.0907. The molecule has 0 aromatic carbocycles. The number of carbonyl (C=O) groups excluding carboxylic acids is 2. The van der Waals surface area contributed by atoms with E-state index < -0.39 is 11.9 Å². The molecule has 0 heterocycles. The Labute approximate surface area is 80.5 Å². The molecule has 0 saturated carbocycles. The van der Waals surface area contributed by atoms with E-state index >= 15 is 0 Å². The molecule has 0 aliphatic carbocycles. The zero-order valence-corrected chi connectivity index (χ0v) is 8.68. The van der Waals surface area contributed by atoms with Gasteiger partial charge in [-0.3, -0.25) is 9.59 Å². The highest BCUT2D eigenvalue weighted by molar-refractivity contribution is 9.09. The second kappa shape index (κ2) is 6.60. The van der Waals surface area contributed by atoms with Crippen molar-refractivity contribution in [2.75, 3.05) is 11.0 Å². The highest BCUT2D eigenvalue weighted by Gasteiger charge is 2.10. The lowest BCUT2D eigenvalue weighted by Crippen LogP contribution is -2.12. The van der Waals surface area contributed by atoms with E-state index in [9.17, 15) is 9.59 Å². The van der Waals surface area contributed by atoms with Crippen LogP contribution in [0.3, 0.4) is 0 Å². The Kier molecular flexibility index (Phi) is 6.54. The zero-order valence-electron chi connectivity index (χ0n) is 5.51. The SMILES string of the molecule is O=C(CC(=O)OCBr)OCBr. The minimum atomic E-state index is -0.604. The molecule has 0 atom stereocenters. The first-order chi connectivity index (χ1) is 5.20. The molecular formula is C5H6Br2O4. The van der Waals surface area contributed by atoms with Crippen molar-refractivity contribution in [1.29, 1.82) is 0 Å². The molecule has 0 aliphatic heterocycles. The van der Waals surface area contributed by atoms with Gasteiger partial charge in [0.25, 0.3) is 0 Å². The summed E-state index contributed by atoms with van der Waals surface area (Å²) in [6.45, 7) is 0. The Morgan fingerprint density at radius 2 is 1.36 bits per heavy atom. The predicted octanol–water partition coefficient (Wildman–Crippen LogP) is 1.17. The number of carbonyl (C=O) groups is 2. The molecule has 11 heavy (non-hydrogen) atoms. The molecule has 0 bridgehead atoms. The fourth-order valence-corrected chi connectivity index (χ4v) is 0.852. The molecule has 64 valence electrons. The molecule has 0 rings (SSSR count). The lowest BCUT2D eigenvalue weighted by molar-refractivity contribution is -0.151. The molecule has 0 spiro atoms. The largest absolute Gasteiger partial charge is 0.454 e. The van der Waals surface area contributed by atoms with Crippen LogP contribution >= 0.6 is 31.9 Å². The van der Waals surface area contributed by atoms with Crippen LogP contribution in [0, 0.1) is 0 Å². The summed E-state index contributed by atoms with van der Waals surface area (Å²) < 4.78 is 8.84. The van der Waals surface area contributed by atoms with Crippen molar-refractivity contribution in [2.24, 2.45) is 0 Å². The average molecular weight is 290 g/mol. The third kappa shape index (κ3) is 6.30. The van der Waals surface area contributed by atoms with Gasteiger partial charge in [0.05, 0.1) is 0 Å².